The van der Waals surface area contributed by atoms with Gasteiger partial charge in [0.15, 0.2) is 0 Å². The number of anilines is 1. The number of ether oxygens (including phenoxy) is 1. The zero-order chi connectivity index (χ0) is 15.1. The quantitative estimate of drug-likeness (QED) is 0.810. The van der Waals surface area contributed by atoms with Gasteiger partial charge in [0.1, 0.15) is 6.54 Å². The lowest BCUT2D eigenvalue weighted by Crippen LogP contribution is -2.36. The predicted molar refractivity (Wildman–Crippen MR) is 78.8 cm³/mol. The summed E-state index contributed by atoms with van der Waals surface area (Å²) in [7, 11) is 1.31. The summed E-state index contributed by atoms with van der Waals surface area (Å²) in [5.41, 5.74) is 1.34. The molecule has 1 aromatic carbocycles. The molecule has 5 nitrogen and oxygen atoms in total. The van der Waals surface area contributed by atoms with Gasteiger partial charge in [-0.15, -0.1) is 0 Å². The number of nitrogens with one attached hydrogen (secondary N) is 1. The second-order valence-electron chi connectivity index (χ2n) is 4.74. The van der Waals surface area contributed by atoms with Crippen molar-refractivity contribution in [3.63, 3.8) is 0 Å². The Balaban J connectivity index is 2.97. The third-order valence-electron chi connectivity index (χ3n) is 2.82. The lowest BCUT2D eigenvalue weighted by molar-refractivity contribution is -0.141. The molecule has 0 fully saturated rings. The van der Waals surface area contributed by atoms with Gasteiger partial charge in [-0.3, -0.25) is 9.59 Å². The Bertz CT molecular complexity index is 472. The first-order valence-electron chi connectivity index (χ1n) is 6.71. The first-order valence-corrected chi connectivity index (χ1v) is 6.71. The van der Waals surface area contributed by atoms with E-state index in [9.17, 15) is 9.59 Å². The minimum Gasteiger partial charge on any atom is -0.468 e. The van der Waals surface area contributed by atoms with E-state index in [0.29, 0.717) is 12.1 Å². The third kappa shape index (κ3) is 4.26. The van der Waals surface area contributed by atoms with Crippen LogP contribution in [0.15, 0.2) is 24.3 Å². The smallest absolute Gasteiger partial charge is 0.325 e. The van der Waals surface area contributed by atoms with Gasteiger partial charge in [0.05, 0.1) is 12.7 Å². The summed E-state index contributed by atoms with van der Waals surface area (Å²) in [6, 6.07) is 7.52. The van der Waals surface area contributed by atoms with Crippen LogP contribution in [0.25, 0.3) is 0 Å². The number of amides is 1. The second-order valence-corrected chi connectivity index (χ2v) is 4.74. The van der Waals surface area contributed by atoms with E-state index >= 15 is 0 Å². The molecule has 0 heterocycles. The summed E-state index contributed by atoms with van der Waals surface area (Å²) >= 11 is 0. The zero-order valence-electron chi connectivity index (χ0n) is 12.5. The van der Waals surface area contributed by atoms with Crippen LogP contribution in [0.5, 0.6) is 0 Å². The molecular weight excluding hydrogens is 256 g/mol. The van der Waals surface area contributed by atoms with E-state index < -0.39 is 5.97 Å². The molecule has 5 heteroatoms. The van der Waals surface area contributed by atoms with Gasteiger partial charge in [-0.25, -0.2) is 0 Å². The molecular formula is C15H22N2O3. The molecule has 0 spiro atoms. The van der Waals surface area contributed by atoms with Crippen LogP contribution in [0.3, 0.4) is 0 Å². The topological polar surface area (TPSA) is 58.6 Å². The van der Waals surface area contributed by atoms with Crippen molar-refractivity contribution in [3.05, 3.63) is 29.8 Å². The minimum atomic E-state index is -0.422. The number of hydrogen-bond donors (Lipinski definition) is 1. The van der Waals surface area contributed by atoms with E-state index in [2.05, 4.69) is 10.1 Å². The Morgan fingerprint density at radius 1 is 1.30 bits per heavy atom. The predicted octanol–water partition coefficient (Wildman–Crippen LogP) is 2.14. The van der Waals surface area contributed by atoms with Crippen LogP contribution in [0.4, 0.5) is 5.69 Å². The molecule has 0 bridgehead atoms. The van der Waals surface area contributed by atoms with E-state index in [1.54, 1.807) is 6.07 Å². The van der Waals surface area contributed by atoms with Crippen molar-refractivity contribution in [1.82, 2.24) is 4.90 Å². The van der Waals surface area contributed by atoms with Crippen molar-refractivity contribution in [3.8, 4) is 0 Å². The van der Waals surface area contributed by atoms with E-state index in [-0.39, 0.29) is 18.5 Å². The van der Waals surface area contributed by atoms with Crippen LogP contribution in [0.2, 0.25) is 0 Å². The first kappa shape index (κ1) is 16.0. The number of hydrogen-bond acceptors (Lipinski definition) is 4. The summed E-state index contributed by atoms with van der Waals surface area (Å²) < 4.78 is 4.61. The molecule has 1 rings (SSSR count). The molecule has 0 aliphatic heterocycles. The number of carbonyl (C=O) groups excluding carboxylic acids is 2. The molecule has 0 unspecified atom stereocenters. The summed E-state index contributed by atoms with van der Waals surface area (Å²) in [5, 5.41) is 3.24. The highest BCUT2D eigenvalue weighted by atomic mass is 16.5. The summed E-state index contributed by atoms with van der Waals surface area (Å²) in [6.07, 6.45) is 0. The number of benzene rings is 1. The molecule has 0 aliphatic rings. The summed E-state index contributed by atoms with van der Waals surface area (Å²) in [6.45, 7) is 6.26. The van der Waals surface area contributed by atoms with Crippen molar-refractivity contribution in [2.24, 2.45) is 0 Å². The van der Waals surface area contributed by atoms with Gasteiger partial charge >= 0.3 is 5.97 Å². The first-order chi connectivity index (χ1) is 9.49. The van der Waals surface area contributed by atoms with Gasteiger partial charge in [0, 0.05) is 18.3 Å². The summed E-state index contributed by atoms with van der Waals surface area (Å²) in [5.74, 6) is -0.601. The van der Waals surface area contributed by atoms with E-state index in [4.69, 9.17) is 0 Å². The summed E-state index contributed by atoms with van der Waals surface area (Å²) in [4.78, 5) is 25.3. The van der Waals surface area contributed by atoms with E-state index in [1.165, 1.54) is 12.0 Å². The van der Waals surface area contributed by atoms with Crippen LogP contribution >= 0.6 is 0 Å². The number of carbonyl (C=O) groups is 2. The highest BCUT2D eigenvalue weighted by Gasteiger charge is 2.20. The van der Waals surface area contributed by atoms with Crippen LogP contribution in [0.1, 0.15) is 31.1 Å². The molecule has 0 radical (unpaired) electrons. The van der Waals surface area contributed by atoms with Crippen LogP contribution in [0, 0.1) is 0 Å². The van der Waals surface area contributed by atoms with Gasteiger partial charge < -0.3 is 15.0 Å². The maximum Gasteiger partial charge on any atom is 0.325 e. The highest BCUT2D eigenvalue weighted by molar-refractivity contribution is 6.00. The normalized spacial score (nSPS) is 10.2. The Morgan fingerprint density at radius 3 is 2.50 bits per heavy atom. The fourth-order valence-corrected chi connectivity index (χ4v) is 1.82. The maximum atomic E-state index is 12.5. The Hall–Kier alpha value is -2.04. The number of para-hydroxylation sites is 1. The molecule has 0 aromatic heterocycles. The molecule has 0 aliphatic carbocycles. The highest BCUT2D eigenvalue weighted by Crippen LogP contribution is 2.18. The number of methoxy groups -OCH3 is 1. The molecule has 1 amide bonds. The Morgan fingerprint density at radius 2 is 1.95 bits per heavy atom. The average molecular weight is 278 g/mol. The largest absolute Gasteiger partial charge is 0.468 e. The molecule has 20 heavy (non-hydrogen) atoms. The van der Waals surface area contributed by atoms with Crippen molar-refractivity contribution in [2.45, 2.75) is 26.8 Å². The van der Waals surface area contributed by atoms with Crippen LogP contribution < -0.4 is 5.32 Å². The van der Waals surface area contributed by atoms with Gasteiger partial charge in [0.25, 0.3) is 5.91 Å². The third-order valence-corrected chi connectivity index (χ3v) is 2.82. The molecule has 1 aromatic rings. The fourth-order valence-electron chi connectivity index (χ4n) is 1.82. The number of rotatable bonds is 6. The molecule has 0 atom stereocenters. The molecule has 110 valence electrons. The van der Waals surface area contributed by atoms with Crippen LogP contribution in [-0.4, -0.2) is 43.0 Å². The van der Waals surface area contributed by atoms with Crippen molar-refractivity contribution in [1.29, 1.82) is 0 Å². The van der Waals surface area contributed by atoms with Gasteiger partial charge in [0.2, 0.25) is 0 Å². The van der Waals surface area contributed by atoms with E-state index in [1.807, 2.05) is 39.0 Å². The molecule has 0 saturated heterocycles. The number of likely N-dealkylation sites (N-methyl/N-ethyl adjacent to an activating group) is 1. The SMILES string of the molecule is CCN(CC(=O)OC)C(=O)c1ccccc1NC(C)C. The van der Waals surface area contributed by atoms with E-state index in [0.717, 1.165) is 5.69 Å². The second kappa shape index (κ2) is 7.53. The Labute approximate surface area is 119 Å². The number of esters is 1. The molecule has 1 N–H and O–H groups in total. The van der Waals surface area contributed by atoms with Crippen molar-refractivity contribution >= 4 is 17.6 Å². The maximum absolute atomic E-state index is 12.5. The Kier molecular flexibility index (Phi) is 6.03. The van der Waals surface area contributed by atoms with Crippen molar-refractivity contribution in [2.75, 3.05) is 25.5 Å². The zero-order valence-corrected chi connectivity index (χ0v) is 12.5. The molecule has 0 saturated carbocycles. The monoisotopic (exact) mass is 278 g/mol. The van der Waals surface area contributed by atoms with Gasteiger partial charge in [-0.2, -0.15) is 0 Å². The van der Waals surface area contributed by atoms with Crippen molar-refractivity contribution < 1.29 is 14.3 Å². The average Bonchev–Trinajstić information content (AvgIpc) is 2.43. The lowest BCUT2D eigenvalue weighted by atomic mass is 10.1. The number of nitrogens with zero attached hydrogens (tertiary/aromatic N) is 1. The van der Waals surface area contributed by atoms with Gasteiger partial charge in [-0.1, -0.05) is 12.1 Å². The minimum absolute atomic E-state index is 0.0398. The fraction of sp³-hybridized carbons (Fsp3) is 0.467. The standard InChI is InChI=1S/C15H22N2O3/c1-5-17(10-14(18)20-4)15(19)12-8-6-7-9-13(12)16-11(2)3/h6-9,11,16H,5,10H2,1-4H3. The van der Waals surface area contributed by atoms with Gasteiger partial charge in [-0.05, 0) is 32.9 Å². The van der Waals surface area contributed by atoms with Crippen LogP contribution in [-0.2, 0) is 9.53 Å². The lowest BCUT2D eigenvalue weighted by Gasteiger charge is -2.22.